The summed E-state index contributed by atoms with van der Waals surface area (Å²) >= 11 is 0. The molecule has 1 heteroatoms. The average Bonchev–Trinajstić information content (AvgIpc) is 2.70. The van der Waals surface area contributed by atoms with E-state index in [4.69, 9.17) is 4.74 Å². The smallest absolute Gasteiger partial charge is 0.0650 e. The molecule has 27 heavy (non-hydrogen) atoms. The molecular formula is C26H44O. The fraction of sp³-hybridized carbons (Fsp3) is 0.692. The molecule has 0 fully saturated rings. The van der Waals surface area contributed by atoms with Gasteiger partial charge in [0.05, 0.1) is 6.61 Å². The van der Waals surface area contributed by atoms with Crippen LogP contribution in [0, 0.1) is 0 Å². The average molecular weight is 373 g/mol. The topological polar surface area (TPSA) is 9.23 Å². The molecule has 0 saturated heterocycles. The molecule has 0 radical (unpaired) electrons. The van der Waals surface area contributed by atoms with Crippen LogP contribution in [0.2, 0.25) is 0 Å². The summed E-state index contributed by atoms with van der Waals surface area (Å²) in [5.74, 6) is 0. The van der Waals surface area contributed by atoms with Crippen molar-refractivity contribution in [3.05, 3.63) is 42.0 Å². The number of rotatable bonds is 19. The van der Waals surface area contributed by atoms with E-state index >= 15 is 0 Å². The highest BCUT2D eigenvalue weighted by Crippen LogP contribution is 2.13. The van der Waals surface area contributed by atoms with E-state index in [9.17, 15) is 0 Å². The molecule has 154 valence electrons. The molecule has 0 N–H and O–H groups in total. The number of unbranched alkanes of at least 4 members (excludes halogenated alkanes) is 14. The van der Waals surface area contributed by atoms with Crippen LogP contribution in [0.5, 0.6) is 0 Å². The van der Waals surface area contributed by atoms with Gasteiger partial charge in [-0.15, -0.1) is 0 Å². The van der Waals surface area contributed by atoms with Gasteiger partial charge in [-0.05, 0) is 12.0 Å². The summed E-state index contributed by atoms with van der Waals surface area (Å²) < 4.78 is 5.68. The highest BCUT2D eigenvalue weighted by Gasteiger charge is 1.94. The van der Waals surface area contributed by atoms with Crippen molar-refractivity contribution < 1.29 is 4.74 Å². The van der Waals surface area contributed by atoms with Crippen LogP contribution >= 0.6 is 0 Å². The highest BCUT2D eigenvalue weighted by atomic mass is 16.5. The Morgan fingerprint density at radius 3 is 1.63 bits per heavy atom. The van der Waals surface area contributed by atoms with Crippen LogP contribution in [0.3, 0.4) is 0 Å². The van der Waals surface area contributed by atoms with Crippen molar-refractivity contribution in [2.45, 2.75) is 103 Å². The van der Waals surface area contributed by atoms with Gasteiger partial charge in [-0.3, -0.25) is 0 Å². The zero-order valence-corrected chi connectivity index (χ0v) is 18.0. The zero-order chi connectivity index (χ0) is 19.3. The van der Waals surface area contributed by atoms with E-state index in [0.717, 1.165) is 13.2 Å². The first-order valence-corrected chi connectivity index (χ1v) is 11.7. The fourth-order valence-corrected chi connectivity index (χ4v) is 3.48. The molecule has 0 bridgehead atoms. The summed E-state index contributed by atoms with van der Waals surface area (Å²) in [6, 6.07) is 10.4. The van der Waals surface area contributed by atoms with Gasteiger partial charge >= 0.3 is 0 Å². The van der Waals surface area contributed by atoms with E-state index in [-0.39, 0.29) is 0 Å². The molecule has 0 unspecified atom stereocenters. The van der Waals surface area contributed by atoms with Crippen LogP contribution < -0.4 is 0 Å². The number of hydrogen-bond donors (Lipinski definition) is 0. The largest absolute Gasteiger partial charge is 0.377 e. The maximum Gasteiger partial charge on any atom is 0.0650 e. The van der Waals surface area contributed by atoms with E-state index in [2.05, 4.69) is 43.3 Å². The Hall–Kier alpha value is -1.08. The lowest BCUT2D eigenvalue weighted by molar-refractivity contribution is 0.157. The Labute approximate surface area is 169 Å². The second-order valence-corrected chi connectivity index (χ2v) is 7.84. The molecule has 0 aliphatic carbocycles. The van der Waals surface area contributed by atoms with E-state index in [1.54, 1.807) is 0 Å². The maximum atomic E-state index is 5.68. The fourth-order valence-electron chi connectivity index (χ4n) is 3.48. The molecule has 0 aromatic heterocycles. The van der Waals surface area contributed by atoms with Gasteiger partial charge in [-0.25, -0.2) is 0 Å². The van der Waals surface area contributed by atoms with Gasteiger partial charge in [-0.1, -0.05) is 139 Å². The minimum atomic E-state index is 0.730. The predicted molar refractivity (Wildman–Crippen MR) is 121 cm³/mol. The maximum absolute atomic E-state index is 5.68. The van der Waals surface area contributed by atoms with Crippen molar-refractivity contribution >= 4 is 6.08 Å². The Bertz CT molecular complexity index is 423. The van der Waals surface area contributed by atoms with Crippen LogP contribution in [0.4, 0.5) is 0 Å². The number of benzene rings is 1. The van der Waals surface area contributed by atoms with E-state index in [1.165, 1.54) is 102 Å². The molecule has 0 heterocycles. The molecule has 0 spiro atoms. The molecule has 0 atom stereocenters. The Morgan fingerprint density at radius 2 is 1.11 bits per heavy atom. The predicted octanol–water partition coefficient (Wildman–Crippen LogP) is 8.59. The molecule has 0 amide bonds. The first-order chi connectivity index (χ1) is 13.4. The minimum Gasteiger partial charge on any atom is -0.377 e. The SMILES string of the molecule is CCCCCCCCCCCCCCCCCOCC=Cc1ccccc1. The molecule has 0 aliphatic heterocycles. The summed E-state index contributed by atoms with van der Waals surface area (Å²) in [7, 11) is 0. The van der Waals surface area contributed by atoms with Crippen LogP contribution in [-0.4, -0.2) is 13.2 Å². The minimum absolute atomic E-state index is 0.730. The van der Waals surface area contributed by atoms with Gasteiger partial charge in [0.2, 0.25) is 0 Å². The number of ether oxygens (including phenoxy) is 1. The van der Waals surface area contributed by atoms with Crippen molar-refractivity contribution in [3.63, 3.8) is 0 Å². The quantitative estimate of drug-likeness (QED) is 0.221. The van der Waals surface area contributed by atoms with Crippen LogP contribution in [-0.2, 0) is 4.74 Å². The second-order valence-electron chi connectivity index (χ2n) is 7.84. The van der Waals surface area contributed by atoms with Gasteiger partial charge in [0.15, 0.2) is 0 Å². The van der Waals surface area contributed by atoms with Crippen molar-refractivity contribution in [1.82, 2.24) is 0 Å². The Morgan fingerprint density at radius 1 is 0.630 bits per heavy atom. The molecule has 0 aliphatic rings. The summed E-state index contributed by atoms with van der Waals surface area (Å²) in [5, 5.41) is 0. The lowest BCUT2D eigenvalue weighted by Gasteiger charge is -2.04. The molecule has 0 saturated carbocycles. The second kappa shape index (κ2) is 19.7. The monoisotopic (exact) mass is 372 g/mol. The van der Waals surface area contributed by atoms with Gasteiger partial charge in [0.1, 0.15) is 0 Å². The van der Waals surface area contributed by atoms with Crippen molar-refractivity contribution in [2.24, 2.45) is 0 Å². The molecule has 1 aromatic rings. The van der Waals surface area contributed by atoms with E-state index in [0.29, 0.717) is 0 Å². The van der Waals surface area contributed by atoms with Crippen LogP contribution in [0.25, 0.3) is 6.08 Å². The van der Waals surface area contributed by atoms with Crippen molar-refractivity contribution in [3.8, 4) is 0 Å². The molecule has 1 rings (SSSR count). The first kappa shape index (κ1) is 24.0. The third-order valence-corrected chi connectivity index (χ3v) is 5.22. The Balaban J connectivity index is 1.71. The highest BCUT2D eigenvalue weighted by molar-refractivity contribution is 5.48. The normalized spacial score (nSPS) is 11.4. The summed E-state index contributed by atoms with van der Waals surface area (Å²) in [6.45, 7) is 3.92. The van der Waals surface area contributed by atoms with Gasteiger partial charge in [0.25, 0.3) is 0 Å². The van der Waals surface area contributed by atoms with Gasteiger partial charge < -0.3 is 4.74 Å². The summed E-state index contributed by atoms with van der Waals surface area (Å²) in [6.07, 6.45) is 25.4. The van der Waals surface area contributed by atoms with E-state index in [1.807, 2.05) is 6.07 Å². The first-order valence-electron chi connectivity index (χ1n) is 11.7. The van der Waals surface area contributed by atoms with Gasteiger partial charge in [0, 0.05) is 6.61 Å². The lowest BCUT2D eigenvalue weighted by Crippen LogP contribution is -1.94. The molecular weight excluding hydrogens is 328 g/mol. The standard InChI is InChI=1S/C26H44O/c1-2-3-4-5-6-7-8-9-10-11-12-13-14-15-19-24-27-25-20-23-26-21-17-16-18-22-26/h16-18,20-23H,2-15,19,24-25H2,1H3. The summed E-state index contributed by atoms with van der Waals surface area (Å²) in [5.41, 5.74) is 1.24. The zero-order valence-electron chi connectivity index (χ0n) is 18.0. The van der Waals surface area contributed by atoms with Crippen LogP contribution in [0.1, 0.15) is 109 Å². The van der Waals surface area contributed by atoms with Crippen LogP contribution in [0.15, 0.2) is 36.4 Å². The third kappa shape index (κ3) is 16.8. The van der Waals surface area contributed by atoms with Crippen molar-refractivity contribution in [1.29, 1.82) is 0 Å². The lowest BCUT2D eigenvalue weighted by atomic mass is 10.0. The molecule has 1 aromatic carbocycles. The van der Waals surface area contributed by atoms with Gasteiger partial charge in [-0.2, -0.15) is 0 Å². The van der Waals surface area contributed by atoms with E-state index < -0.39 is 0 Å². The summed E-state index contributed by atoms with van der Waals surface area (Å²) in [4.78, 5) is 0. The molecule has 1 nitrogen and oxygen atoms in total. The third-order valence-electron chi connectivity index (χ3n) is 5.22. The Kier molecular flexibility index (Phi) is 17.5. The number of hydrogen-bond acceptors (Lipinski definition) is 1. The van der Waals surface area contributed by atoms with Crippen molar-refractivity contribution in [2.75, 3.05) is 13.2 Å².